The average Bonchev–Trinajstić information content (AvgIpc) is 2.86. The first kappa shape index (κ1) is 11.0. The fraction of sp³-hybridized carbons (Fsp3) is 0.462. The molecule has 1 atom stereocenters. The predicted molar refractivity (Wildman–Crippen MR) is 74.2 cm³/mol. The Morgan fingerprint density at radius 2 is 2.29 bits per heavy atom. The lowest BCUT2D eigenvalue weighted by atomic mass is 10.1. The van der Waals surface area contributed by atoms with Crippen LogP contribution in [0.15, 0.2) is 24.3 Å². The molecule has 4 heteroatoms. The van der Waals surface area contributed by atoms with Crippen molar-refractivity contribution in [1.29, 1.82) is 0 Å². The van der Waals surface area contributed by atoms with E-state index < -0.39 is 0 Å². The topological polar surface area (TPSA) is 43.8 Å². The SMILES string of the molecule is CC1(Cn2c(N)nc3ccccc32)CCCS1. The van der Waals surface area contributed by atoms with E-state index in [1.54, 1.807) is 0 Å². The van der Waals surface area contributed by atoms with E-state index in [1.807, 2.05) is 18.2 Å². The van der Waals surface area contributed by atoms with E-state index in [0.29, 0.717) is 10.7 Å². The monoisotopic (exact) mass is 247 g/mol. The molecule has 1 aliphatic heterocycles. The van der Waals surface area contributed by atoms with Gasteiger partial charge in [-0.05, 0) is 37.7 Å². The van der Waals surface area contributed by atoms with Gasteiger partial charge < -0.3 is 10.3 Å². The first-order valence-corrected chi connectivity index (χ1v) is 7.01. The van der Waals surface area contributed by atoms with Crippen LogP contribution in [0.2, 0.25) is 0 Å². The number of nitrogen functional groups attached to an aromatic ring is 1. The number of fused-ring (bicyclic) bond motifs is 1. The average molecular weight is 247 g/mol. The van der Waals surface area contributed by atoms with Crippen LogP contribution in [-0.4, -0.2) is 20.1 Å². The second-order valence-corrected chi connectivity index (χ2v) is 6.63. The summed E-state index contributed by atoms with van der Waals surface area (Å²) in [5, 5.41) is 0. The van der Waals surface area contributed by atoms with Crippen LogP contribution in [0.25, 0.3) is 11.0 Å². The number of nitrogens with two attached hydrogens (primary N) is 1. The summed E-state index contributed by atoms with van der Waals surface area (Å²) in [5.41, 5.74) is 8.18. The van der Waals surface area contributed by atoms with E-state index in [-0.39, 0.29) is 0 Å². The molecule has 0 amide bonds. The van der Waals surface area contributed by atoms with Gasteiger partial charge in [-0.15, -0.1) is 0 Å². The lowest BCUT2D eigenvalue weighted by molar-refractivity contribution is 0.522. The number of para-hydroxylation sites is 2. The molecule has 1 saturated heterocycles. The van der Waals surface area contributed by atoms with Gasteiger partial charge in [0, 0.05) is 11.3 Å². The Labute approximate surface area is 105 Å². The molecule has 2 heterocycles. The number of hydrogen-bond donors (Lipinski definition) is 1. The van der Waals surface area contributed by atoms with Gasteiger partial charge in [-0.1, -0.05) is 12.1 Å². The molecule has 3 nitrogen and oxygen atoms in total. The van der Waals surface area contributed by atoms with Gasteiger partial charge in [-0.2, -0.15) is 11.8 Å². The summed E-state index contributed by atoms with van der Waals surface area (Å²) in [5.74, 6) is 1.91. The molecule has 0 saturated carbocycles. The molecule has 17 heavy (non-hydrogen) atoms. The summed E-state index contributed by atoms with van der Waals surface area (Å²) in [7, 11) is 0. The quantitative estimate of drug-likeness (QED) is 0.887. The normalized spacial score (nSPS) is 24.5. The second-order valence-electron chi connectivity index (χ2n) is 4.95. The Hall–Kier alpha value is -1.16. The molecule has 0 spiro atoms. The van der Waals surface area contributed by atoms with Gasteiger partial charge in [-0.3, -0.25) is 0 Å². The smallest absolute Gasteiger partial charge is 0.201 e. The first-order valence-electron chi connectivity index (χ1n) is 6.03. The number of rotatable bonds is 2. The minimum absolute atomic E-state index is 0.317. The third-order valence-corrected chi connectivity index (χ3v) is 5.00. The summed E-state index contributed by atoms with van der Waals surface area (Å²) in [6.07, 6.45) is 2.58. The van der Waals surface area contributed by atoms with Gasteiger partial charge in [0.15, 0.2) is 0 Å². The molecule has 1 aromatic carbocycles. The van der Waals surface area contributed by atoms with Crippen molar-refractivity contribution in [2.45, 2.75) is 31.1 Å². The van der Waals surface area contributed by atoms with Crippen LogP contribution in [0.4, 0.5) is 5.95 Å². The van der Waals surface area contributed by atoms with Crippen LogP contribution >= 0.6 is 11.8 Å². The molecule has 1 fully saturated rings. The molecule has 0 radical (unpaired) electrons. The lowest BCUT2D eigenvalue weighted by Crippen LogP contribution is -2.24. The highest BCUT2D eigenvalue weighted by molar-refractivity contribution is 8.00. The van der Waals surface area contributed by atoms with Crippen LogP contribution in [0.5, 0.6) is 0 Å². The molecule has 90 valence electrons. The zero-order chi connectivity index (χ0) is 11.9. The van der Waals surface area contributed by atoms with Crippen LogP contribution in [0.3, 0.4) is 0 Å². The Bertz CT molecular complexity index is 541. The number of benzene rings is 1. The van der Waals surface area contributed by atoms with Crippen molar-refractivity contribution in [3.8, 4) is 0 Å². The molecular weight excluding hydrogens is 230 g/mol. The van der Waals surface area contributed by atoms with Crippen molar-refractivity contribution in [3.63, 3.8) is 0 Å². The van der Waals surface area contributed by atoms with Crippen molar-refractivity contribution in [2.75, 3.05) is 11.5 Å². The highest BCUT2D eigenvalue weighted by Gasteiger charge is 2.30. The Morgan fingerprint density at radius 3 is 3.06 bits per heavy atom. The molecule has 1 unspecified atom stereocenters. The number of nitrogens with zero attached hydrogens (tertiary/aromatic N) is 2. The van der Waals surface area contributed by atoms with E-state index in [2.05, 4.69) is 34.3 Å². The Balaban J connectivity index is 2.02. The van der Waals surface area contributed by atoms with Gasteiger partial charge in [-0.25, -0.2) is 4.98 Å². The molecule has 0 bridgehead atoms. The molecule has 2 aromatic rings. The van der Waals surface area contributed by atoms with E-state index >= 15 is 0 Å². The maximum atomic E-state index is 6.03. The highest BCUT2D eigenvalue weighted by Crippen LogP contribution is 2.40. The van der Waals surface area contributed by atoms with Crippen molar-refractivity contribution in [1.82, 2.24) is 9.55 Å². The van der Waals surface area contributed by atoms with Crippen molar-refractivity contribution in [2.24, 2.45) is 0 Å². The van der Waals surface area contributed by atoms with E-state index in [9.17, 15) is 0 Å². The standard InChI is InChI=1S/C13H17N3S/c1-13(7-4-8-17-13)9-16-11-6-3-2-5-10(11)15-12(16)14/h2-3,5-6H,4,7-9H2,1H3,(H2,14,15). The van der Waals surface area contributed by atoms with Gasteiger partial charge in [0.05, 0.1) is 11.0 Å². The maximum absolute atomic E-state index is 6.03. The Kier molecular flexibility index (Phi) is 2.54. The molecule has 1 aliphatic rings. The zero-order valence-corrected chi connectivity index (χ0v) is 10.8. The predicted octanol–water partition coefficient (Wildman–Crippen LogP) is 2.90. The number of anilines is 1. The zero-order valence-electron chi connectivity index (χ0n) is 10.0. The van der Waals surface area contributed by atoms with E-state index in [1.165, 1.54) is 18.6 Å². The van der Waals surface area contributed by atoms with Crippen LogP contribution in [0, 0.1) is 0 Å². The van der Waals surface area contributed by atoms with E-state index in [0.717, 1.165) is 17.6 Å². The number of imidazole rings is 1. The van der Waals surface area contributed by atoms with Crippen LogP contribution < -0.4 is 5.73 Å². The summed E-state index contributed by atoms with van der Waals surface area (Å²) in [4.78, 5) is 4.42. The minimum atomic E-state index is 0.317. The van der Waals surface area contributed by atoms with Gasteiger partial charge in [0.25, 0.3) is 0 Å². The first-order chi connectivity index (χ1) is 8.18. The van der Waals surface area contributed by atoms with Crippen molar-refractivity contribution >= 4 is 28.7 Å². The fourth-order valence-corrected chi connectivity index (χ4v) is 3.85. The summed E-state index contributed by atoms with van der Waals surface area (Å²) < 4.78 is 2.48. The Morgan fingerprint density at radius 1 is 1.47 bits per heavy atom. The summed E-state index contributed by atoms with van der Waals surface area (Å²) >= 11 is 2.06. The third kappa shape index (κ3) is 1.90. The van der Waals surface area contributed by atoms with Crippen LogP contribution in [-0.2, 0) is 6.54 Å². The molecule has 1 aromatic heterocycles. The number of aromatic nitrogens is 2. The van der Waals surface area contributed by atoms with Gasteiger partial charge in [0.1, 0.15) is 0 Å². The van der Waals surface area contributed by atoms with Gasteiger partial charge >= 0.3 is 0 Å². The minimum Gasteiger partial charge on any atom is -0.369 e. The molecular formula is C13H17N3S. The lowest BCUT2D eigenvalue weighted by Gasteiger charge is -2.24. The van der Waals surface area contributed by atoms with Crippen molar-refractivity contribution in [3.05, 3.63) is 24.3 Å². The van der Waals surface area contributed by atoms with Gasteiger partial charge in [0.2, 0.25) is 5.95 Å². The van der Waals surface area contributed by atoms with E-state index in [4.69, 9.17) is 5.73 Å². The summed E-state index contributed by atoms with van der Waals surface area (Å²) in [6.45, 7) is 3.29. The highest BCUT2D eigenvalue weighted by atomic mass is 32.2. The van der Waals surface area contributed by atoms with Crippen LogP contribution in [0.1, 0.15) is 19.8 Å². The summed E-state index contributed by atoms with van der Waals surface area (Å²) in [6, 6.07) is 8.17. The largest absolute Gasteiger partial charge is 0.369 e. The fourth-order valence-electron chi connectivity index (χ4n) is 2.56. The third-order valence-electron chi connectivity index (χ3n) is 3.48. The molecule has 3 rings (SSSR count). The molecule has 2 N–H and O–H groups in total. The second kappa shape index (κ2) is 3.95. The van der Waals surface area contributed by atoms with Crippen molar-refractivity contribution < 1.29 is 0 Å². The maximum Gasteiger partial charge on any atom is 0.201 e. The molecule has 0 aliphatic carbocycles. The number of thioether (sulfide) groups is 1. The number of hydrogen-bond acceptors (Lipinski definition) is 3.